The summed E-state index contributed by atoms with van der Waals surface area (Å²) in [7, 11) is 0. The van der Waals surface area contributed by atoms with Crippen LogP contribution in [-0.4, -0.2) is 4.98 Å². The molecule has 0 bridgehead atoms. The Balaban J connectivity index is 1.69. The zero-order valence-electron chi connectivity index (χ0n) is 10.9. The zero-order valence-corrected chi connectivity index (χ0v) is 13.3. The van der Waals surface area contributed by atoms with Crippen molar-refractivity contribution in [3.63, 3.8) is 0 Å². The molecule has 0 saturated heterocycles. The second-order valence-corrected chi connectivity index (χ2v) is 7.02. The first-order valence-electron chi connectivity index (χ1n) is 6.44. The Morgan fingerprint density at radius 3 is 2.76 bits per heavy atom. The van der Waals surface area contributed by atoms with E-state index in [0.717, 1.165) is 16.0 Å². The van der Waals surface area contributed by atoms with Crippen molar-refractivity contribution in [2.24, 2.45) is 0 Å². The van der Waals surface area contributed by atoms with Crippen LogP contribution in [-0.2, 0) is 5.88 Å². The second-order valence-electron chi connectivity index (χ2n) is 4.60. The highest BCUT2D eigenvalue weighted by Gasteiger charge is 2.07. The van der Waals surface area contributed by atoms with Gasteiger partial charge in [0.1, 0.15) is 5.75 Å². The molecule has 2 aromatic heterocycles. The van der Waals surface area contributed by atoms with Crippen molar-refractivity contribution in [2.45, 2.75) is 5.88 Å². The highest BCUT2D eigenvalue weighted by atomic mass is 35.5. The molecule has 0 atom stereocenters. The van der Waals surface area contributed by atoms with Gasteiger partial charge in [0.15, 0.2) is 0 Å². The molecule has 0 aliphatic heterocycles. The Morgan fingerprint density at radius 1 is 1.00 bits per heavy atom. The first-order valence-corrected chi connectivity index (χ1v) is 8.60. The Labute approximate surface area is 134 Å². The lowest BCUT2D eigenvalue weighted by atomic mass is 10.2. The molecule has 104 valence electrons. The molecule has 0 radical (unpaired) electrons. The van der Waals surface area contributed by atoms with E-state index in [0.29, 0.717) is 11.1 Å². The number of aromatic nitrogens is 1. The summed E-state index contributed by atoms with van der Waals surface area (Å²) in [4.78, 5) is 5.66. The number of thiophene rings is 1. The Hall–Kier alpha value is -1.62. The molecule has 2 heterocycles. The average Bonchev–Trinajstić information content (AvgIpc) is 3.09. The summed E-state index contributed by atoms with van der Waals surface area (Å²) >= 11 is 9.14. The maximum absolute atomic E-state index is 5.90. The number of rotatable bonds is 3. The van der Waals surface area contributed by atoms with Gasteiger partial charge in [-0.15, -0.1) is 22.9 Å². The molecule has 0 N–H and O–H groups in total. The van der Waals surface area contributed by atoms with Crippen LogP contribution in [0.1, 0.15) is 4.88 Å². The largest absolute Gasteiger partial charge is 0.431 e. The fraction of sp³-hybridized carbons (Fsp3) is 0.0625. The minimum Gasteiger partial charge on any atom is -0.431 e. The third kappa shape index (κ3) is 2.50. The fourth-order valence-corrected chi connectivity index (χ4v) is 4.21. The van der Waals surface area contributed by atoms with Gasteiger partial charge in [0.05, 0.1) is 16.1 Å². The standard InChI is InChI=1S/C16H10ClNOS2/c17-9-12-7-10-5-6-11(8-15(10)20-12)19-16-18-13-3-1-2-4-14(13)21-16/h1-8H,9H2. The summed E-state index contributed by atoms with van der Waals surface area (Å²) in [5.41, 5.74) is 0.971. The highest BCUT2D eigenvalue weighted by molar-refractivity contribution is 7.20. The lowest BCUT2D eigenvalue weighted by Gasteiger charge is -2.00. The molecule has 4 aromatic rings. The maximum Gasteiger partial charge on any atom is 0.279 e. The Bertz CT molecular complexity index is 895. The summed E-state index contributed by atoms with van der Waals surface area (Å²) in [6.07, 6.45) is 0. The van der Waals surface area contributed by atoms with E-state index in [1.807, 2.05) is 30.3 Å². The van der Waals surface area contributed by atoms with Gasteiger partial charge in [-0.2, -0.15) is 0 Å². The molecule has 2 nitrogen and oxygen atoms in total. The van der Waals surface area contributed by atoms with Crippen molar-refractivity contribution in [2.75, 3.05) is 0 Å². The number of fused-ring (bicyclic) bond motifs is 2. The number of hydrogen-bond donors (Lipinski definition) is 0. The average molecular weight is 332 g/mol. The van der Waals surface area contributed by atoms with Gasteiger partial charge >= 0.3 is 0 Å². The molecule has 5 heteroatoms. The SMILES string of the molecule is ClCc1cc2ccc(Oc3nc4ccccc4s3)cc2s1. The van der Waals surface area contributed by atoms with Crippen LogP contribution in [0, 0.1) is 0 Å². The van der Waals surface area contributed by atoms with Gasteiger partial charge in [-0.3, -0.25) is 0 Å². The van der Waals surface area contributed by atoms with Crippen molar-refractivity contribution >= 4 is 54.6 Å². The van der Waals surface area contributed by atoms with E-state index >= 15 is 0 Å². The normalized spacial score (nSPS) is 11.3. The second kappa shape index (κ2) is 5.30. The van der Waals surface area contributed by atoms with Gasteiger partial charge < -0.3 is 4.74 Å². The molecule has 2 aromatic carbocycles. The minimum absolute atomic E-state index is 0.549. The van der Waals surface area contributed by atoms with E-state index < -0.39 is 0 Å². The maximum atomic E-state index is 5.90. The first-order chi connectivity index (χ1) is 10.3. The van der Waals surface area contributed by atoms with Gasteiger partial charge in [0, 0.05) is 9.58 Å². The Morgan fingerprint density at radius 2 is 1.90 bits per heavy atom. The van der Waals surface area contributed by atoms with Crippen molar-refractivity contribution in [1.82, 2.24) is 4.98 Å². The van der Waals surface area contributed by atoms with Gasteiger partial charge in [-0.05, 0) is 41.8 Å². The molecule has 4 rings (SSSR count). The molecule has 0 unspecified atom stereocenters. The van der Waals surface area contributed by atoms with E-state index in [4.69, 9.17) is 16.3 Å². The van der Waals surface area contributed by atoms with Gasteiger partial charge in [-0.1, -0.05) is 23.5 Å². The predicted octanol–water partition coefficient (Wildman–Crippen LogP) is 6.04. The third-order valence-corrected chi connectivity index (χ3v) is 5.61. The topological polar surface area (TPSA) is 22.1 Å². The summed E-state index contributed by atoms with van der Waals surface area (Å²) in [6.45, 7) is 0. The number of ether oxygens (including phenoxy) is 1. The lowest BCUT2D eigenvalue weighted by Crippen LogP contribution is -1.81. The number of halogens is 1. The molecule has 21 heavy (non-hydrogen) atoms. The van der Waals surface area contributed by atoms with Gasteiger partial charge in [0.2, 0.25) is 0 Å². The molecular formula is C16H10ClNOS2. The summed E-state index contributed by atoms with van der Waals surface area (Å²) < 4.78 is 8.21. The Kier molecular flexibility index (Phi) is 3.30. The number of thiazole rings is 1. The molecule has 0 spiro atoms. The molecular weight excluding hydrogens is 322 g/mol. The highest BCUT2D eigenvalue weighted by Crippen LogP contribution is 2.34. The predicted molar refractivity (Wildman–Crippen MR) is 91.1 cm³/mol. The van der Waals surface area contributed by atoms with E-state index in [-0.39, 0.29) is 0 Å². The van der Waals surface area contributed by atoms with Crippen LogP contribution >= 0.6 is 34.3 Å². The summed E-state index contributed by atoms with van der Waals surface area (Å²) in [6, 6.07) is 16.2. The van der Waals surface area contributed by atoms with Crippen LogP contribution in [0.15, 0.2) is 48.5 Å². The monoisotopic (exact) mass is 331 g/mol. The van der Waals surface area contributed by atoms with E-state index in [1.54, 1.807) is 22.7 Å². The van der Waals surface area contributed by atoms with Crippen molar-refractivity contribution in [3.8, 4) is 10.9 Å². The van der Waals surface area contributed by atoms with Crippen molar-refractivity contribution < 1.29 is 4.74 Å². The van der Waals surface area contributed by atoms with E-state index in [9.17, 15) is 0 Å². The van der Waals surface area contributed by atoms with Crippen LogP contribution in [0.5, 0.6) is 10.9 Å². The number of hydrogen-bond acceptors (Lipinski definition) is 4. The molecule has 0 aliphatic carbocycles. The quantitative estimate of drug-likeness (QED) is 0.427. The van der Waals surface area contributed by atoms with E-state index in [2.05, 4.69) is 23.2 Å². The van der Waals surface area contributed by atoms with Crippen molar-refractivity contribution in [1.29, 1.82) is 0 Å². The van der Waals surface area contributed by atoms with Crippen LogP contribution in [0.3, 0.4) is 0 Å². The molecule has 0 amide bonds. The number of benzene rings is 2. The number of nitrogens with zero attached hydrogens (tertiary/aromatic N) is 1. The first kappa shape index (κ1) is 13.1. The summed E-state index contributed by atoms with van der Waals surface area (Å²) in [5.74, 6) is 1.36. The van der Waals surface area contributed by atoms with Crippen molar-refractivity contribution in [3.05, 3.63) is 53.4 Å². The van der Waals surface area contributed by atoms with Crippen LogP contribution < -0.4 is 4.74 Å². The molecule has 0 fully saturated rings. The van der Waals surface area contributed by atoms with Gasteiger partial charge in [-0.25, -0.2) is 4.98 Å². The van der Waals surface area contributed by atoms with Gasteiger partial charge in [0.25, 0.3) is 5.19 Å². The molecule has 0 aliphatic rings. The van der Waals surface area contributed by atoms with Crippen LogP contribution in [0.2, 0.25) is 0 Å². The fourth-order valence-electron chi connectivity index (χ4n) is 2.19. The lowest BCUT2D eigenvalue weighted by molar-refractivity contribution is 0.481. The van der Waals surface area contributed by atoms with Crippen LogP contribution in [0.4, 0.5) is 0 Å². The zero-order chi connectivity index (χ0) is 14.2. The van der Waals surface area contributed by atoms with Crippen LogP contribution in [0.25, 0.3) is 20.3 Å². The smallest absolute Gasteiger partial charge is 0.279 e. The van der Waals surface area contributed by atoms with E-state index in [1.165, 1.54) is 15.0 Å². The summed E-state index contributed by atoms with van der Waals surface area (Å²) in [5, 5.41) is 1.87. The third-order valence-electron chi connectivity index (χ3n) is 3.15. The minimum atomic E-state index is 0.549. The number of para-hydroxylation sites is 1. The number of alkyl halides is 1. The molecule has 0 saturated carbocycles.